The van der Waals surface area contributed by atoms with Crippen LogP contribution in [0.3, 0.4) is 0 Å². The molecule has 106 valence electrons. The molecular weight excluding hydrogens is 260 g/mol. The number of hydrogen-bond donors (Lipinski definition) is 2. The fraction of sp³-hybridized carbons (Fsp3) is 0.462. The highest BCUT2D eigenvalue weighted by Gasteiger charge is 2.30. The van der Waals surface area contributed by atoms with Crippen LogP contribution in [0.2, 0.25) is 0 Å². The Bertz CT molecular complexity index is 627. The van der Waals surface area contributed by atoms with Crippen LogP contribution in [-0.2, 0) is 4.74 Å². The molecule has 1 aliphatic heterocycles. The van der Waals surface area contributed by atoms with Crippen LogP contribution >= 0.6 is 0 Å². The summed E-state index contributed by atoms with van der Waals surface area (Å²) in [6, 6.07) is 1.79. The number of aromatic amines is 1. The molecule has 3 heterocycles. The maximum absolute atomic E-state index is 12.6. The zero-order valence-electron chi connectivity index (χ0n) is 11.1. The van der Waals surface area contributed by atoms with Gasteiger partial charge in [0.05, 0.1) is 24.2 Å². The number of fused-ring (bicyclic) bond motifs is 1. The zero-order valence-corrected chi connectivity index (χ0v) is 11.1. The number of nitrogens with zero attached hydrogens (tertiary/aromatic N) is 3. The molecule has 0 spiro atoms. The number of H-pyrrole nitrogens is 1. The van der Waals surface area contributed by atoms with E-state index < -0.39 is 0 Å². The van der Waals surface area contributed by atoms with E-state index in [-0.39, 0.29) is 24.7 Å². The van der Waals surface area contributed by atoms with Crippen LogP contribution in [-0.4, -0.2) is 62.8 Å². The minimum Gasteiger partial charge on any atom is -0.394 e. The summed E-state index contributed by atoms with van der Waals surface area (Å²) in [4.78, 5) is 25.4. The van der Waals surface area contributed by atoms with Gasteiger partial charge in [0, 0.05) is 19.3 Å². The third-order valence-electron chi connectivity index (χ3n) is 3.37. The van der Waals surface area contributed by atoms with Crippen LogP contribution in [0.15, 0.2) is 18.6 Å². The van der Waals surface area contributed by atoms with E-state index >= 15 is 0 Å². The molecule has 2 atom stereocenters. The molecule has 1 saturated heterocycles. The maximum Gasteiger partial charge on any atom is 0.273 e. The Morgan fingerprint density at radius 3 is 3.20 bits per heavy atom. The van der Waals surface area contributed by atoms with Crippen molar-refractivity contribution in [1.82, 2.24) is 19.9 Å². The number of ether oxygens (including phenoxy) is 1. The van der Waals surface area contributed by atoms with Gasteiger partial charge >= 0.3 is 0 Å². The lowest BCUT2D eigenvalue weighted by Gasteiger charge is -2.35. The molecule has 2 aromatic rings. The normalized spacial score (nSPS) is 23.2. The Labute approximate surface area is 115 Å². The molecule has 0 radical (unpaired) electrons. The zero-order chi connectivity index (χ0) is 14.1. The van der Waals surface area contributed by atoms with Gasteiger partial charge < -0.3 is 19.7 Å². The summed E-state index contributed by atoms with van der Waals surface area (Å²) in [6.07, 6.45) is 2.66. The molecule has 1 aliphatic rings. The second kappa shape index (κ2) is 5.18. The van der Waals surface area contributed by atoms with E-state index in [9.17, 15) is 9.90 Å². The van der Waals surface area contributed by atoms with Gasteiger partial charge in [-0.15, -0.1) is 0 Å². The van der Waals surface area contributed by atoms with Crippen molar-refractivity contribution in [2.75, 3.05) is 19.7 Å². The fourth-order valence-electron chi connectivity index (χ4n) is 2.50. The topological polar surface area (TPSA) is 91.3 Å². The first-order valence-corrected chi connectivity index (χ1v) is 6.52. The molecule has 20 heavy (non-hydrogen) atoms. The summed E-state index contributed by atoms with van der Waals surface area (Å²) in [5.41, 5.74) is 1.02. The predicted octanol–water partition coefficient (Wildman–Crippen LogP) is 0.180. The lowest BCUT2D eigenvalue weighted by Crippen LogP contribution is -2.50. The highest BCUT2D eigenvalue weighted by molar-refractivity contribution is 6.03. The van der Waals surface area contributed by atoms with Gasteiger partial charge in [0.1, 0.15) is 17.7 Å². The first kappa shape index (κ1) is 13.0. The van der Waals surface area contributed by atoms with Gasteiger partial charge in [0.15, 0.2) is 0 Å². The summed E-state index contributed by atoms with van der Waals surface area (Å²) in [6.45, 7) is 2.65. The van der Waals surface area contributed by atoms with E-state index in [0.29, 0.717) is 29.8 Å². The molecule has 2 aromatic heterocycles. The number of carbonyl (C=O) groups is 1. The van der Waals surface area contributed by atoms with Gasteiger partial charge in [-0.1, -0.05) is 0 Å². The number of rotatable bonds is 2. The van der Waals surface area contributed by atoms with Crippen molar-refractivity contribution in [3.8, 4) is 0 Å². The second-order valence-electron chi connectivity index (χ2n) is 4.92. The highest BCUT2D eigenvalue weighted by atomic mass is 16.5. The summed E-state index contributed by atoms with van der Waals surface area (Å²) < 4.78 is 5.54. The molecule has 1 amide bonds. The van der Waals surface area contributed by atoms with Crippen molar-refractivity contribution in [2.45, 2.75) is 19.1 Å². The van der Waals surface area contributed by atoms with Gasteiger partial charge in [-0.05, 0) is 13.0 Å². The Morgan fingerprint density at radius 2 is 2.40 bits per heavy atom. The molecule has 7 nitrogen and oxygen atoms in total. The number of aliphatic hydroxyl groups excluding tert-OH is 1. The Morgan fingerprint density at radius 1 is 1.55 bits per heavy atom. The summed E-state index contributed by atoms with van der Waals surface area (Å²) >= 11 is 0. The number of hydrogen-bond acceptors (Lipinski definition) is 5. The lowest BCUT2D eigenvalue weighted by molar-refractivity contribution is -0.0859. The maximum atomic E-state index is 12.6. The van der Waals surface area contributed by atoms with Crippen LogP contribution in [0.4, 0.5) is 0 Å². The van der Waals surface area contributed by atoms with Gasteiger partial charge in [-0.2, -0.15) is 0 Å². The third-order valence-corrected chi connectivity index (χ3v) is 3.37. The number of aliphatic hydroxyl groups is 1. The van der Waals surface area contributed by atoms with Crippen LogP contribution in [0.5, 0.6) is 0 Å². The molecule has 1 fully saturated rings. The van der Waals surface area contributed by atoms with Crippen molar-refractivity contribution in [2.24, 2.45) is 0 Å². The predicted molar refractivity (Wildman–Crippen MR) is 71.2 cm³/mol. The minimum atomic E-state index is -0.341. The summed E-state index contributed by atoms with van der Waals surface area (Å²) in [5, 5.41) is 9.93. The monoisotopic (exact) mass is 276 g/mol. The van der Waals surface area contributed by atoms with Crippen LogP contribution in [0, 0.1) is 0 Å². The van der Waals surface area contributed by atoms with E-state index in [4.69, 9.17) is 4.74 Å². The lowest BCUT2D eigenvalue weighted by atomic mass is 10.2. The molecule has 0 saturated carbocycles. The van der Waals surface area contributed by atoms with E-state index in [1.54, 1.807) is 17.2 Å². The highest BCUT2D eigenvalue weighted by Crippen LogP contribution is 2.18. The third kappa shape index (κ3) is 2.25. The Balaban J connectivity index is 1.90. The number of amides is 1. The number of morpholine rings is 1. The van der Waals surface area contributed by atoms with E-state index in [2.05, 4.69) is 15.0 Å². The second-order valence-corrected chi connectivity index (χ2v) is 4.92. The molecule has 7 heteroatoms. The molecule has 0 bridgehead atoms. The standard InChI is InChI=1S/C13H16N4O3/c1-8-4-17(5-9(6-18)20-8)13(19)11-10-2-3-14-12(10)16-7-15-11/h2-3,7-9,18H,4-6H2,1H3,(H,14,15,16). The molecule has 2 unspecified atom stereocenters. The average molecular weight is 276 g/mol. The van der Waals surface area contributed by atoms with Gasteiger partial charge in [-0.25, -0.2) is 9.97 Å². The van der Waals surface area contributed by atoms with Crippen molar-refractivity contribution in [1.29, 1.82) is 0 Å². The number of nitrogens with one attached hydrogen (secondary N) is 1. The summed E-state index contributed by atoms with van der Waals surface area (Å²) in [7, 11) is 0. The van der Waals surface area contributed by atoms with Gasteiger partial charge in [0.2, 0.25) is 0 Å². The van der Waals surface area contributed by atoms with Crippen LogP contribution < -0.4 is 0 Å². The van der Waals surface area contributed by atoms with Crippen LogP contribution in [0.1, 0.15) is 17.4 Å². The van der Waals surface area contributed by atoms with Crippen molar-refractivity contribution in [3.63, 3.8) is 0 Å². The SMILES string of the molecule is CC1CN(C(=O)c2ncnc3[nH]ccc23)CC(CO)O1. The van der Waals surface area contributed by atoms with Gasteiger partial charge in [-0.3, -0.25) is 4.79 Å². The largest absolute Gasteiger partial charge is 0.394 e. The van der Waals surface area contributed by atoms with Crippen molar-refractivity contribution >= 4 is 16.9 Å². The number of aromatic nitrogens is 3. The van der Waals surface area contributed by atoms with E-state index in [1.165, 1.54) is 6.33 Å². The van der Waals surface area contributed by atoms with Crippen LogP contribution in [0.25, 0.3) is 11.0 Å². The van der Waals surface area contributed by atoms with Crippen molar-refractivity contribution < 1.29 is 14.6 Å². The minimum absolute atomic E-state index is 0.0997. The molecule has 0 aliphatic carbocycles. The van der Waals surface area contributed by atoms with E-state index in [1.807, 2.05) is 6.92 Å². The van der Waals surface area contributed by atoms with Crippen molar-refractivity contribution in [3.05, 3.63) is 24.3 Å². The van der Waals surface area contributed by atoms with Gasteiger partial charge in [0.25, 0.3) is 5.91 Å². The summed E-state index contributed by atoms with van der Waals surface area (Å²) in [5.74, 6) is -0.161. The Hall–Kier alpha value is -1.99. The van der Waals surface area contributed by atoms with E-state index in [0.717, 1.165) is 0 Å². The first-order valence-electron chi connectivity index (χ1n) is 6.52. The molecular formula is C13H16N4O3. The quantitative estimate of drug-likeness (QED) is 0.816. The smallest absolute Gasteiger partial charge is 0.273 e. The molecule has 3 rings (SSSR count). The Kier molecular flexibility index (Phi) is 3.37. The number of carbonyl (C=O) groups excluding carboxylic acids is 1. The fourth-order valence-corrected chi connectivity index (χ4v) is 2.50. The average Bonchev–Trinajstić information content (AvgIpc) is 2.94. The first-order chi connectivity index (χ1) is 9.69. The molecule has 2 N–H and O–H groups in total. The molecule has 0 aromatic carbocycles.